The summed E-state index contributed by atoms with van der Waals surface area (Å²) in [5.74, 6) is 4.15. The number of nitrogens with zero attached hydrogens (tertiary/aromatic N) is 4. The molecule has 2 atom stereocenters. The van der Waals surface area contributed by atoms with E-state index in [9.17, 15) is 0 Å². The van der Waals surface area contributed by atoms with E-state index in [4.69, 9.17) is 14.8 Å². The summed E-state index contributed by atoms with van der Waals surface area (Å²) in [7, 11) is 0. The number of rotatable bonds is 12. The number of benzene rings is 3. The monoisotopic (exact) mass is 885 g/mol. The Bertz CT molecular complexity index is 2240. The molecule has 3 aromatic carbocycles. The molecule has 0 N–H and O–H groups in total. The van der Waals surface area contributed by atoms with E-state index in [1.807, 2.05) is 12.3 Å². The molecule has 0 saturated carbocycles. The molecule has 7 rings (SSSR count). The van der Waals surface area contributed by atoms with Crippen molar-refractivity contribution >= 4 is 21.8 Å². The molecule has 0 saturated heterocycles. The van der Waals surface area contributed by atoms with Gasteiger partial charge in [0.25, 0.3) is 0 Å². The molecule has 0 aliphatic heterocycles. The van der Waals surface area contributed by atoms with Gasteiger partial charge in [0, 0.05) is 40.4 Å². The number of hydrogen-bond donors (Lipinski definition) is 0. The zero-order chi connectivity index (χ0) is 36.5. The minimum absolute atomic E-state index is 0. The number of allylic oxidation sites excluding steroid dienone is 2. The number of aromatic nitrogens is 4. The van der Waals surface area contributed by atoms with Gasteiger partial charge >= 0.3 is 21.1 Å². The Morgan fingerprint density at radius 2 is 1.68 bits per heavy atom. The van der Waals surface area contributed by atoms with Crippen molar-refractivity contribution in [2.45, 2.75) is 112 Å². The van der Waals surface area contributed by atoms with E-state index in [2.05, 4.69) is 137 Å². The molecule has 0 fully saturated rings. The molecule has 278 valence electrons. The first-order valence-electron chi connectivity index (χ1n) is 19.7. The van der Waals surface area contributed by atoms with Gasteiger partial charge in [-0.25, -0.2) is 4.98 Å². The van der Waals surface area contributed by atoms with Crippen LogP contribution in [0.15, 0.2) is 78.5 Å². The first kappa shape index (κ1) is 38.8. The fraction of sp³-hybridized carbons (Fsp3) is 0.404. The van der Waals surface area contributed by atoms with Crippen LogP contribution in [-0.4, -0.2) is 19.3 Å². The van der Waals surface area contributed by atoms with E-state index in [0.717, 1.165) is 53.6 Å². The first-order valence-corrected chi connectivity index (χ1v) is 19.7. The van der Waals surface area contributed by atoms with Crippen molar-refractivity contribution in [3.8, 4) is 23.0 Å². The second-order valence-corrected chi connectivity index (χ2v) is 15.3. The maximum atomic E-state index is 6.73. The third kappa shape index (κ3) is 7.57. The third-order valence-corrected chi connectivity index (χ3v) is 11.0. The molecule has 1 aliphatic rings. The Morgan fingerprint density at radius 3 is 2.40 bits per heavy atom. The van der Waals surface area contributed by atoms with Crippen LogP contribution in [0.4, 0.5) is 0 Å². The van der Waals surface area contributed by atoms with Crippen LogP contribution in [0.5, 0.6) is 11.5 Å². The molecule has 1 aliphatic carbocycles. The van der Waals surface area contributed by atoms with Gasteiger partial charge in [0.1, 0.15) is 5.82 Å². The van der Waals surface area contributed by atoms with Crippen LogP contribution in [-0.2, 0) is 40.3 Å². The number of ether oxygens (including phenoxy) is 1. The molecule has 5 nitrogen and oxygen atoms in total. The summed E-state index contributed by atoms with van der Waals surface area (Å²) < 4.78 is 11.1. The molecular weight excluding hydrogens is 832 g/mol. The molecule has 3 aromatic heterocycles. The number of pyridine rings is 1. The Morgan fingerprint density at radius 1 is 0.868 bits per heavy atom. The average Bonchev–Trinajstić information content (AvgIpc) is 3.69. The van der Waals surface area contributed by atoms with Crippen molar-refractivity contribution < 1.29 is 25.8 Å². The van der Waals surface area contributed by atoms with Crippen molar-refractivity contribution in [2.24, 2.45) is 11.8 Å². The van der Waals surface area contributed by atoms with Crippen LogP contribution in [0.2, 0.25) is 0 Å². The molecule has 0 amide bonds. The summed E-state index contributed by atoms with van der Waals surface area (Å²) in [5, 5.41) is 7.64. The van der Waals surface area contributed by atoms with E-state index < -0.39 is 0 Å². The number of fused-ring (bicyclic) bond motifs is 3. The second kappa shape index (κ2) is 16.6. The summed E-state index contributed by atoms with van der Waals surface area (Å²) in [6.07, 6.45) is 12.0. The maximum Gasteiger partial charge on any atom is 2.00 e. The smallest absolute Gasteiger partial charge is 0.509 e. The molecule has 53 heavy (non-hydrogen) atoms. The van der Waals surface area contributed by atoms with Crippen LogP contribution in [0, 0.1) is 24.0 Å². The zero-order valence-electron chi connectivity index (χ0n) is 32.7. The topological polar surface area (TPSA) is 44.9 Å². The van der Waals surface area contributed by atoms with E-state index >= 15 is 0 Å². The van der Waals surface area contributed by atoms with Crippen molar-refractivity contribution in [3.63, 3.8) is 0 Å². The quantitative estimate of drug-likeness (QED) is 0.0908. The molecule has 6 heteroatoms. The van der Waals surface area contributed by atoms with Crippen LogP contribution < -0.4 is 4.74 Å². The van der Waals surface area contributed by atoms with Crippen molar-refractivity contribution in [3.05, 3.63) is 119 Å². The Kier molecular flexibility index (Phi) is 12.1. The molecule has 3 heterocycles. The molecule has 1 unspecified atom stereocenters. The van der Waals surface area contributed by atoms with Gasteiger partial charge in [-0.05, 0) is 91.1 Å². The van der Waals surface area contributed by atoms with Gasteiger partial charge in [0.2, 0.25) is 0 Å². The standard InChI is InChI=1S/C47H54N4O.Pt/c1-9-33-16-15-17-34(10-2)46(33)47-41(11-3)49-51(42(47)12-4)36-26-35(31(7)8)27-38(28-36)52-37-20-21-40-39-18-13-14-19-43(39)50(44(40)29-37)45-25-32(22-23-48-45)24-30(5)6;/h13-14,16,18-23,25-27,30-31,34,46H,9-12,15,17,24H2,1-8H3;/q-2;+2/t34-,46?;/m0./s1. The van der Waals surface area contributed by atoms with Gasteiger partial charge in [-0.2, -0.15) is 11.2 Å². The second-order valence-electron chi connectivity index (χ2n) is 15.3. The van der Waals surface area contributed by atoms with E-state index in [1.54, 1.807) is 5.57 Å². The number of aryl methyl sites for hydroxylation is 1. The van der Waals surface area contributed by atoms with Crippen molar-refractivity contribution in [2.75, 3.05) is 0 Å². The average molecular weight is 886 g/mol. The summed E-state index contributed by atoms with van der Waals surface area (Å²) in [6, 6.07) is 28.8. The van der Waals surface area contributed by atoms with Gasteiger partial charge < -0.3 is 9.30 Å². The van der Waals surface area contributed by atoms with Gasteiger partial charge in [-0.3, -0.25) is 4.68 Å². The molecule has 0 bridgehead atoms. The normalized spacial score (nSPS) is 16.1. The SMILES string of the molecule is CCC1=CCC[C@H](CC)C1c1c(CC)nn(-c2[c-]c(Oc3[c-]c4c(cc3)c3ccccc3n4-c3cc(CC(C)C)ccn3)cc(C(C)C)c2)c1CC.[Pt+2]. The predicted octanol–water partition coefficient (Wildman–Crippen LogP) is 12.4. The summed E-state index contributed by atoms with van der Waals surface area (Å²) in [6.45, 7) is 18.2. The zero-order valence-corrected chi connectivity index (χ0v) is 35.0. The number of hydrogen-bond acceptors (Lipinski definition) is 3. The van der Waals surface area contributed by atoms with Crippen molar-refractivity contribution in [1.82, 2.24) is 19.3 Å². The molecule has 6 aromatic rings. The number of para-hydroxylation sites is 1. The van der Waals surface area contributed by atoms with Gasteiger partial charge in [0.15, 0.2) is 0 Å². The fourth-order valence-corrected chi connectivity index (χ4v) is 8.50. The molecule has 0 radical (unpaired) electrons. The van der Waals surface area contributed by atoms with E-state index in [1.165, 1.54) is 52.7 Å². The first-order chi connectivity index (χ1) is 25.2. The van der Waals surface area contributed by atoms with Gasteiger partial charge in [-0.15, -0.1) is 41.3 Å². The van der Waals surface area contributed by atoms with E-state index in [-0.39, 0.29) is 21.1 Å². The minimum atomic E-state index is 0. The summed E-state index contributed by atoms with van der Waals surface area (Å²) in [5.41, 5.74) is 11.0. The van der Waals surface area contributed by atoms with Gasteiger partial charge in [0.05, 0.1) is 5.69 Å². The van der Waals surface area contributed by atoms with Gasteiger partial charge in [-0.1, -0.05) is 97.2 Å². The van der Waals surface area contributed by atoms with E-state index in [0.29, 0.717) is 35.2 Å². The summed E-state index contributed by atoms with van der Waals surface area (Å²) >= 11 is 0. The van der Waals surface area contributed by atoms with Crippen molar-refractivity contribution in [1.29, 1.82) is 0 Å². The predicted molar refractivity (Wildman–Crippen MR) is 215 cm³/mol. The third-order valence-electron chi connectivity index (χ3n) is 11.0. The maximum absolute atomic E-state index is 6.73. The van der Waals surface area contributed by atoms with Crippen LogP contribution in [0.25, 0.3) is 33.3 Å². The Labute approximate surface area is 331 Å². The summed E-state index contributed by atoms with van der Waals surface area (Å²) in [4.78, 5) is 4.85. The Balaban J connectivity index is 0.00000481. The molecule has 0 spiro atoms. The Hall–Kier alpha value is -3.95. The van der Waals surface area contributed by atoms with Crippen LogP contribution in [0.1, 0.15) is 121 Å². The minimum Gasteiger partial charge on any atom is -0.509 e. The molecular formula is C47H54N4OPt. The van der Waals surface area contributed by atoms with Crippen LogP contribution >= 0.6 is 0 Å². The van der Waals surface area contributed by atoms with Crippen LogP contribution in [0.3, 0.4) is 0 Å². The fourth-order valence-electron chi connectivity index (χ4n) is 8.50. The largest absolute Gasteiger partial charge is 2.00 e.